The van der Waals surface area contributed by atoms with Gasteiger partial charge in [0.2, 0.25) is 11.1 Å². The Bertz CT molecular complexity index is 1000. The maximum absolute atomic E-state index is 12.9. The van der Waals surface area contributed by atoms with Crippen LogP contribution >= 0.6 is 23.5 Å². The van der Waals surface area contributed by atoms with Crippen molar-refractivity contribution in [3.63, 3.8) is 0 Å². The first kappa shape index (κ1) is 17.8. The number of para-hydroxylation sites is 2. The molecule has 1 saturated carbocycles. The van der Waals surface area contributed by atoms with Crippen molar-refractivity contribution in [2.45, 2.75) is 28.8 Å². The number of hydrogen-bond acceptors (Lipinski definition) is 5. The van der Waals surface area contributed by atoms with Crippen molar-refractivity contribution in [3.05, 3.63) is 60.4 Å². The topological polar surface area (TPSA) is 51.0 Å². The van der Waals surface area contributed by atoms with E-state index in [2.05, 4.69) is 6.07 Å². The van der Waals surface area contributed by atoms with Crippen LogP contribution in [-0.4, -0.2) is 38.7 Å². The predicted octanol–water partition coefficient (Wildman–Crippen LogP) is 4.38. The molecular weight excluding hydrogens is 388 g/mol. The maximum Gasteiger partial charge on any atom is 0.237 e. The zero-order valence-electron chi connectivity index (χ0n) is 15.3. The van der Waals surface area contributed by atoms with Gasteiger partial charge in [0, 0.05) is 23.1 Å². The van der Waals surface area contributed by atoms with Crippen LogP contribution in [0.15, 0.2) is 64.6 Å². The van der Waals surface area contributed by atoms with Gasteiger partial charge in [-0.3, -0.25) is 4.79 Å². The summed E-state index contributed by atoms with van der Waals surface area (Å²) in [6.45, 7) is 0.750. The van der Waals surface area contributed by atoms with E-state index in [1.165, 1.54) is 16.7 Å². The monoisotopic (exact) mass is 408 g/mol. The van der Waals surface area contributed by atoms with Crippen LogP contribution in [0.1, 0.15) is 24.6 Å². The van der Waals surface area contributed by atoms with Crippen molar-refractivity contribution in [2.24, 2.45) is 0 Å². The molecule has 3 aromatic rings. The molecule has 5 nitrogen and oxygen atoms in total. The molecule has 2 aromatic carbocycles. The minimum atomic E-state index is 0.113. The minimum Gasteiger partial charge on any atom is -0.310 e. The van der Waals surface area contributed by atoms with Gasteiger partial charge >= 0.3 is 0 Å². The van der Waals surface area contributed by atoms with Gasteiger partial charge in [-0.15, -0.1) is 16.9 Å². The Morgan fingerprint density at radius 1 is 1.11 bits per heavy atom. The fourth-order valence-electron chi connectivity index (χ4n) is 3.36. The Labute approximate surface area is 172 Å². The second kappa shape index (κ2) is 7.64. The van der Waals surface area contributed by atoms with Crippen LogP contribution < -0.4 is 4.90 Å². The van der Waals surface area contributed by atoms with Crippen LogP contribution in [0.3, 0.4) is 0 Å². The molecule has 1 aliphatic heterocycles. The number of fused-ring (bicyclic) bond motifs is 1. The Balaban J connectivity index is 1.33. The molecule has 2 aliphatic rings. The Hall–Kier alpha value is -2.25. The number of rotatable bonds is 5. The first-order valence-corrected chi connectivity index (χ1v) is 11.4. The highest BCUT2D eigenvalue weighted by Gasteiger charge is 2.31. The highest BCUT2D eigenvalue weighted by Crippen LogP contribution is 2.40. The van der Waals surface area contributed by atoms with Crippen molar-refractivity contribution in [1.29, 1.82) is 0 Å². The summed E-state index contributed by atoms with van der Waals surface area (Å²) >= 11 is 3.24. The Morgan fingerprint density at radius 2 is 1.89 bits per heavy atom. The molecule has 0 bridgehead atoms. The van der Waals surface area contributed by atoms with Crippen LogP contribution in [0.2, 0.25) is 0 Å². The quantitative estimate of drug-likeness (QED) is 0.587. The van der Waals surface area contributed by atoms with E-state index in [9.17, 15) is 4.79 Å². The lowest BCUT2D eigenvalue weighted by atomic mass is 10.3. The number of nitrogens with zero attached hydrogens (tertiary/aromatic N) is 4. The zero-order valence-corrected chi connectivity index (χ0v) is 17.0. The fourth-order valence-corrected chi connectivity index (χ4v) is 5.06. The van der Waals surface area contributed by atoms with E-state index in [0.29, 0.717) is 16.8 Å². The van der Waals surface area contributed by atoms with E-state index < -0.39 is 0 Å². The molecule has 1 fully saturated rings. The molecule has 7 heteroatoms. The van der Waals surface area contributed by atoms with E-state index in [-0.39, 0.29) is 5.91 Å². The summed E-state index contributed by atoms with van der Waals surface area (Å²) in [6, 6.07) is 18.2. The van der Waals surface area contributed by atoms with Gasteiger partial charge in [-0.2, -0.15) is 0 Å². The number of thioether (sulfide) groups is 2. The molecule has 1 amide bonds. The highest BCUT2D eigenvalue weighted by atomic mass is 32.2. The van der Waals surface area contributed by atoms with Gasteiger partial charge < -0.3 is 4.90 Å². The second-order valence-electron chi connectivity index (χ2n) is 6.92. The third kappa shape index (κ3) is 3.56. The number of benzene rings is 2. The average molecular weight is 409 g/mol. The van der Waals surface area contributed by atoms with Crippen molar-refractivity contribution < 1.29 is 4.79 Å². The minimum absolute atomic E-state index is 0.113. The van der Waals surface area contributed by atoms with Gasteiger partial charge in [-0.25, -0.2) is 9.67 Å². The standard InChI is InChI=1S/C21H20N4OS2/c26-19(24-12-13-27-18-9-5-4-8-17(18)24)14-28-21-22-20(15-10-11-15)25(23-21)16-6-2-1-3-7-16/h1-9,15H,10-14H2. The molecule has 0 N–H and O–H groups in total. The van der Waals surface area contributed by atoms with Crippen molar-refractivity contribution in [1.82, 2.24) is 14.8 Å². The number of carbonyl (C=O) groups excluding carboxylic acids is 1. The lowest BCUT2D eigenvalue weighted by Gasteiger charge is -2.28. The first-order chi connectivity index (χ1) is 13.8. The molecule has 0 radical (unpaired) electrons. The summed E-state index contributed by atoms with van der Waals surface area (Å²) in [4.78, 5) is 20.7. The Kier molecular flexibility index (Phi) is 4.86. The molecule has 2 heterocycles. The predicted molar refractivity (Wildman–Crippen MR) is 114 cm³/mol. The third-order valence-corrected chi connectivity index (χ3v) is 6.78. The Morgan fingerprint density at radius 3 is 2.71 bits per heavy atom. The van der Waals surface area contributed by atoms with Crippen LogP contribution in [0, 0.1) is 0 Å². The smallest absolute Gasteiger partial charge is 0.237 e. The van der Waals surface area contributed by atoms with Crippen LogP contribution in [0.25, 0.3) is 5.69 Å². The third-order valence-electron chi connectivity index (χ3n) is 4.91. The van der Waals surface area contributed by atoms with Crippen molar-refractivity contribution >= 4 is 35.1 Å². The SMILES string of the molecule is O=C(CSc1nc(C2CC2)n(-c2ccccc2)n1)N1CCSc2ccccc21. The molecule has 142 valence electrons. The van der Waals surface area contributed by atoms with Gasteiger partial charge in [0.05, 0.1) is 17.1 Å². The summed E-state index contributed by atoms with van der Waals surface area (Å²) in [6.07, 6.45) is 2.33. The molecule has 28 heavy (non-hydrogen) atoms. The molecule has 0 unspecified atom stereocenters. The summed E-state index contributed by atoms with van der Waals surface area (Å²) in [5, 5.41) is 5.38. The maximum atomic E-state index is 12.9. The van der Waals surface area contributed by atoms with Gasteiger partial charge in [0.25, 0.3) is 0 Å². The lowest BCUT2D eigenvalue weighted by molar-refractivity contribution is -0.116. The second-order valence-corrected chi connectivity index (χ2v) is 9.00. The molecule has 1 aliphatic carbocycles. The molecule has 0 atom stereocenters. The van der Waals surface area contributed by atoms with E-state index in [1.807, 2.05) is 69.9 Å². The fraction of sp³-hybridized carbons (Fsp3) is 0.286. The van der Waals surface area contributed by atoms with E-state index >= 15 is 0 Å². The van der Waals surface area contributed by atoms with E-state index in [1.54, 1.807) is 0 Å². The first-order valence-electron chi connectivity index (χ1n) is 9.47. The van der Waals surface area contributed by atoms with Crippen LogP contribution in [0.4, 0.5) is 5.69 Å². The van der Waals surface area contributed by atoms with Crippen molar-refractivity contribution in [2.75, 3.05) is 23.0 Å². The average Bonchev–Trinajstić information content (AvgIpc) is 3.51. The number of amides is 1. The number of carbonyl (C=O) groups is 1. The summed E-state index contributed by atoms with van der Waals surface area (Å²) in [5.74, 6) is 2.90. The van der Waals surface area contributed by atoms with E-state index in [4.69, 9.17) is 10.1 Å². The lowest BCUT2D eigenvalue weighted by Crippen LogP contribution is -2.36. The van der Waals surface area contributed by atoms with Crippen molar-refractivity contribution in [3.8, 4) is 5.69 Å². The largest absolute Gasteiger partial charge is 0.310 e. The molecule has 0 spiro atoms. The van der Waals surface area contributed by atoms with E-state index in [0.717, 1.165) is 42.3 Å². The normalized spacial score (nSPS) is 16.1. The van der Waals surface area contributed by atoms with Gasteiger partial charge in [-0.1, -0.05) is 42.1 Å². The molecule has 0 saturated heterocycles. The molecular formula is C21H20N4OS2. The summed E-state index contributed by atoms with van der Waals surface area (Å²) in [5.41, 5.74) is 2.04. The number of aromatic nitrogens is 3. The van der Waals surface area contributed by atoms with Gasteiger partial charge in [0.15, 0.2) is 0 Å². The number of anilines is 1. The van der Waals surface area contributed by atoms with Gasteiger partial charge in [-0.05, 0) is 37.1 Å². The zero-order chi connectivity index (χ0) is 18.9. The van der Waals surface area contributed by atoms with Crippen LogP contribution in [0.5, 0.6) is 0 Å². The molecule has 1 aromatic heterocycles. The summed E-state index contributed by atoms with van der Waals surface area (Å²) < 4.78 is 1.94. The molecule has 5 rings (SSSR count). The van der Waals surface area contributed by atoms with Crippen LogP contribution in [-0.2, 0) is 4.79 Å². The number of hydrogen-bond donors (Lipinski definition) is 0. The van der Waals surface area contributed by atoms with Gasteiger partial charge in [0.1, 0.15) is 5.82 Å². The summed E-state index contributed by atoms with van der Waals surface area (Å²) in [7, 11) is 0. The highest BCUT2D eigenvalue weighted by molar-refractivity contribution is 8.00.